The second-order valence-electron chi connectivity index (χ2n) is 12.3. The van der Waals surface area contributed by atoms with Crippen molar-refractivity contribution in [1.82, 2.24) is 0 Å². The highest BCUT2D eigenvalue weighted by atomic mass is 35.5. The lowest BCUT2D eigenvalue weighted by atomic mass is 9.45. The van der Waals surface area contributed by atoms with Gasteiger partial charge in [0, 0.05) is 29.8 Å². The Bertz CT molecular complexity index is 1050. The summed E-state index contributed by atoms with van der Waals surface area (Å²) in [5.74, 6) is -2.64. The molecule has 0 aromatic carbocycles. The van der Waals surface area contributed by atoms with Gasteiger partial charge >= 0.3 is 11.9 Å². The maximum Gasteiger partial charge on any atom is 0.303 e. The summed E-state index contributed by atoms with van der Waals surface area (Å²) in [7, 11) is 0. The number of carbonyl (C=O) groups excluding carboxylic acids is 2. The van der Waals surface area contributed by atoms with E-state index >= 15 is 0 Å². The van der Waals surface area contributed by atoms with Gasteiger partial charge < -0.3 is 30.6 Å². The van der Waals surface area contributed by atoms with Gasteiger partial charge in [-0.2, -0.15) is 0 Å². The zero-order valence-corrected chi connectivity index (χ0v) is 26.5. The van der Waals surface area contributed by atoms with E-state index in [9.17, 15) is 34.5 Å². The highest BCUT2D eigenvalue weighted by molar-refractivity contribution is 6.26. The fourth-order valence-corrected chi connectivity index (χ4v) is 7.78. The van der Waals surface area contributed by atoms with Crippen molar-refractivity contribution < 1.29 is 49.8 Å². The molecule has 0 amide bonds. The summed E-state index contributed by atoms with van der Waals surface area (Å²) in [4.78, 5) is 42.2. The molecule has 3 saturated carbocycles. The van der Waals surface area contributed by atoms with Crippen molar-refractivity contribution in [3.63, 3.8) is 0 Å². The zero-order chi connectivity index (χ0) is 32.8. The molecule has 6 N–H and O–H groups in total. The number of fused-ring (bicyclic) bond motifs is 5. The van der Waals surface area contributed by atoms with Gasteiger partial charge in [-0.25, -0.2) is 0 Å². The molecule has 42 heavy (non-hydrogen) atoms. The fourth-order valence-electron chi connectivity index (χ4n) is 7.26. The van der Waals surface area contributed by atoms with E-state index in [1.165, 1.54) is 6.08 Å². The van der Waals surface area contributed by atoms with Gasteiger partial charge in [-0.15, -0.1) is 11.6 Å². The third-order valence-corrected chi connectivity index (χ3v) is 10.3. The first kappa shape index (κ1) is 37.9. The molecular formula is C31H49ClO10. The lowest BCUT2D eigenvalue weighted by Gasteiger charge is -2.63. The summed E-state index contributed by atoms with van der Waals surface area (Å²) in [6.07, 6.45) is 6.50. The monoisotopic (exact) mass is 616 g/mol. The van der Waals surface area contributed by atoms with Crippen LogP contribution in [0.2, 0.25) is 0 Å². The quantitative estimate of drug-likeness (QED) is 0.255. The van der Waals surface area contributed by atoms with E-state index in [0.29, 0.717) is 19.3 Å². The number of alkyl halides is 1. The van der Waals surface area contributed by atoms with E-state index in [1.54, 1.807) is 33.8 Å². The number of carboxylic acids is 2. The van der Waals surface area contributed by atoms with Crippen LogP contribution in [-0.4, -0.2) is 83.4 Å². The normalized spacial score (nSPS) is 37.6. The van der Waals surface area contributed by atoms with Crippen molar-refractivity contribution in [2.75, 3.05) is 6.61 Å². The number of aliphatic hydroxyl groups is 4. The molecule has 8 atom stereocenters. The minimum atomic E-state index is -1.68. The first-order valence-corrected chi connectivity index (χ1v) is 14.9. The summed E-state index contributed by atoms with van der Waals surface area (Å²) >= 11 is 7.30. The third kappa shape index (κ3) is 6.99. The minimum absolute atomic E-state index is 0.0567. The summed E-state index contributed by atoms with van der Waals surface area (Å²) < 4.78 is 0. The lowest BCUT2D eigenvalue weighted by Crippen LogP contribution is -2.69. The Morgan fingerprint density at radius 3 is 1.98 bits per heavy atom. The number of halogens is 1. The van der Waals surface area contributed by atoms with Crippen LogP contribution >= 0.6 is 11.6 Å². The van der Waals surface area contributed by atoms with Gasteiger partial charge in [0.2, 0.25) is 0 Å². The van der Waals surface area contributed by atoms with Crippen molar-refractivity contribution in [2.24, 2.45) is 28.6 Å². The van der Waals surface area contributed by atoms with Crippen molar-refractivity contribution in [3.8, 4) is 0 Å². The van der Waals surface area contributed by atoms with Crippen molar-refractivity contribution in [1.29, 1.82) is 0 Å². The van der Waals surface area contributed by atoms with Gasteiger partial charge in [0.05, 0.1) is 11.0 Å². The molecule has 10 nitrogen and oxygen atoms in total. The molecular weight excluding hydrogens is 568 g/mol. The van der Waals surface area contributed by atoms with Crippen LogP contribution < -0.4 is 0 Å². The molecule has 0 aromatic heterocycles. The maximum atomic E-state index is 12.6. The SMILES string of the molecule is CC(C)O.CCC(=O)O.CCC(=O)O.C[C@H]1C[C@H]2[C@@H]3CCC4=CC(=O)C=C[C@]4(C)[C@@]3(Cl)[C@@H](O)C[C@]2(C)[C@@]1(O)C(=O)CO. The highest BCUT2D eigenvalue weighted by Crippen LogP contribution is 2.71. The molecule has 11 heteroatoms. The van der Waals surface area contributed by atoms with E-state index in [2.05, 4.69) is 0 Å². The number of Topliss-reactive ketones (excluding diaryl/α,β-unsaturated/α-hetero) is 1. The number of aliphatic hydroxyl groups excluding tert-OH is 3. The van der Waals surface area contributed by atoms with Crippen LogP contribution in [0.1, 0.15) is 87.0 Å². The van der Waals surface area contributed by atoms with Crippen LogP contribution in [0.3, 0.4) is 0 Å². The van der Waals surface area contributed by atoms with E-state index in [1.807, 2.05) is 26.8 Å². The van der Waals surface area contributed by atoms with Gasteiger partial charge in [0.25, 0.3) is 0 Å². The first-order valence-electron chi connectivity index (χ1n) is 14.5. The first-order chi connectivity index (χ1) is 19.2. The summed E-state index contributed by atoms with van der Waals surface area (Å²) in [6, 6.07) is 0. The molecule has 0 saturated heterocycles. The average Bonchev–Trinajstić information content (AvgIpc) is 3.11. The Balaban J connectivity index is 0.000000527. The molecule has 0 spiro atoms. The number of allylic oxidation sites excluding steroid dienone is 4. The number of rotatable bonds is 4. The molecule has 0 radical (unpaired) electrons. The lowest BCUT2D eigenvalue weighted by molar-refractivity contribution is -0.179. The van der Waals surface area contributed by atoms with E-state index in [-0.39, 0.29) is 48.9 Å². The second kappa shape index (κ2) is 14.6. The van der Waals surface area contributed by atoms with Crippen LogP contribution in [0.25, 0.3) is 0 Å². The standard InChI is InChI=1S/C22H29ClO5.2C3H6O2.C3H8O/c1-12-8-16-15-5-4-13-9-14(25)6-7-19(13,2)21(15,23)17(26)10-20(16,3)22(12,28)18(27)11-24;2*1-2-3(4)5;1-3(2)4/h6-7,9,12,15-17,24,26,28H,4-5,8,10-11H2,1-3H3;2*2H2,1H3,(H,4,5);3-4H,1-2H3/t12-,15-,16-,17-,19-,20-,21-,22-;;;/m0.../s1. The number of hydrogen-bond acceptors (Lipinski definition) is 8. The van der Waals surface area contributed by atoms with Gasteiger partial charge in [-0.1, -0.05) is 46.3 Å². The second-order valence-corrected chi connectivity index (χ2v) is 13.0. The molecule has 0 aliphatic heterocycles. The minimum Gasteiger partial charge on any atom is -0.481 e. The third-order valence-electron chi connectivity index (χ3n) is 9.40. The molecule has 0 heterocycles. The highest BCUT2D eigenvalue weighted by Gasteiger charge is 2.74. The maximum absolute atomic E-state index is 12.6. The van der Waals surface area contributed by atoms with Crippen LogP contribution in [0.4, 0.5) is 0 Å². The Morgan fingerprint density at radius 1 is 1.07 bits per heavy atom. The van der Waals surface area contributed by atoms with Crippen molar-refractivity contribution in [3.05, 3.63) is 23.8 Å². The molecule has 4 aliphatic carbocycles. The average molecular weight is 617 g/mol. The zero-order valence-electron chi connectivity index (χ0n) is 25.8. The number of carbonyl (C=O) groups is 4. The van der Waals surface area contributed by atoms with Gasteiger partial charge in [0.1, 0.15) is 12.2 Å². The molecule has 4 rings (SSSR count). The molecule has 3 fully saturated rings. The van der Waals surface area contributed by atoms with Gasteiger partial charge in [-0.3, -0.25) is 19.2 Å². The Morgan fingerprint density at radius 2 is 1.55 bits per heavy atom. The van der Waals surface area contributed by atoms with E-state index in [4.69, 9.17) is 26.9 Å². The number of hydrogen-bond donors (Lipinski definition) is 6. The van der Waals surface area contributed by atoms with E-state index in [0.717, 1.165) is 5.57 Å². The predicted octanol–water partition coefficient (Wildman–Crippen LogP) is 3.51. The van der Waals surface area contributed by atoms with Crippen LogP contribution in [0, 0.1) is 28.6 Å². The predicted molar refractivity (Wildman–Crippen MR) is 158 cm³/mol. The number of aliphatic carboxylic acids is 2. The van der Waals surface area contributed by atoms with E-state index < -0.39 is 51.7 Å². The van der Waals surface area contributed by atoms with Gasteiger partial charge in [0.15, 0.2) is 11.6 Å². The molecule has 0 aromatic rings. The largest absolute Gasteiger partial charge is 0.481 e. The number of ketones is 2. The molecule has 240 valence electrons. The topological polar surface area (TPSA) is 190 Å². The fraction of sp³-hybridized carbons (Fsp3) is 0.742. The summed E-state index contributed by atoms with van der Waals surface area (Å²) in [5, 5.41) is 55.8. The summed E-state index contributed by atoms with van der Waals surface area (Å²) in [6.45, 7) is 11.6. The van der Waals surface area contributed by atoms with Crippen LogP contribution in [0.5, 0.6) is 0 Å². The Kier molecular flexibility index (Phi) is 13.2. The molecule has 0 unspecified atom stereocenters. The Labute approximate surface area is 253 Å². The van der Waals surface area contributed by atoms with Crippen LogP contribution in [-0.2, 0) is 19.2 Å². The van der Waals surface area contributed by atoms with Crippen molar-refractivity contribution >= 4 is 35.1 Å². The molecule has 4 aliphatic rings. The Hall–Kier alpha value is -2.11. The summed E-state index contributed by atoms with van der Waals surface area (Å²) in [5.41, 5.74) is -2.25. The van der Waals surface area contributed by atoms with Crippen LogP contribution in [0.15, 0.2) is 23.8 Å². The smallest absolute Gasteiger partial charge is 0.303 e. The number of carboxylic acid groups (broad SMARTS) is 2. The van der Waals surface area contributed by atoms with Crippen molar-refractivity contribution in [2.45, 2.75) is 110 Å². The van der Waals surface area contributed by atoms with Gasteiger partial charge in [-0.05, 0) is 69.4 Å². The molecule has 0 bridgehead atoms.